The van der Waals surface area contributed by atoms with Crippen LogP contribution in [0.25, 0.3) is 0 Å². The van der Waals surface area contributed by atoms with Crippen LogP contribution < -0.4 is 5.73 Å². The summed E-state index contributed by atoms with van der Waals surface area (Å²) in [7, 11) is 1.91. The Kier molecular flexibility index (Phi) is 5.92. The van der Waals surface area contributed by atoms with E-state index in [1.807, 2.05) is 11.9 Å². The maximum atomic E-state index is 12.1. The van der Waals surface area contributed by atoms with Crippen LogP contribution >= 0.6 is 0 Å². The third-order valence-electron chi connectivity index (χ3n) is 3.82. The molecule has 4 heteroatoms. The van der Waals surface area contributed by atoms with Crippen molar-refractivity contribution < 1.29 is 4.79 Å². The van der Waals surface area contributed by atoms with E-state index in [1.54, 1.807) is 0 Å². The van der Waals surface area contributed by atoms with Crippen molar-refractivity contribution in [1.29, 1.82) is 0 Å². The summed E-state index contributed by atoms with van der Waals surface area (Å²) in [6.45, 7) is 7.56. The lowest BCUT2D eigenvalue weighted by atomic mass is 10.0. The van der Waals surface area contributed by atoms with Crippen LogP contribution in [0.3, 0.4) is 0 Å². The summed E-state index contributed by atoms with van der Waals surface area (Å²) in [5.74, 6) is 0.113. The molecule has 0 aromatic carbocycles. The van der Waals surface area contributed by atoms with Crippen molar-refractivity contribution in [3.8, 4) is 0 Å². The topological polar surface area (TPSA) is 49.6 Å². The maximum absolute atomic E-state index is 12.1. The number of carbonyl (C=O) groups is 1. The third kappa shape index (κ3) is 3.96. The molecule has 1 aliphatic rings. The predicted octanol–water partition coefficient (Wildman–Crippen LogP) is 1.06. The number of likely N-dealkylation sites (tertiary alicyclic amines) is 1. The lowest BCUT2D eigenvalue weighted by Crippen LogP contribution is -2.50. The number of amides is 1. The smallest absolute Gasteiger partial charge is 0.239 e. The van der Waals surface area contributed by atoms with Gasteiger partial charge in [-0.15, -0.1) is 0 Å². The number of hydrogen-bond donors (Lipinski definition) is 1. The highest BCUT2D eigenvalue weighted by Crippen LogP contribution is 2.16. The van der Waals surface area contributed by atoms with E-state index in [-0.39, 0.29) is 11.9 Å². The molecular formula is C13H27N3O. The van der Waals surface area contributed by atoms with E-state index >= 15 is 0 Å². The van der Waals surface area contributed by atoms with Crippen LogP contribution in [0.5, 0.6) is 0 Å². The molecule has 0 radical (unpaired) electrons. The monoisotopic (exact) mass is 241 g/mol. The number of hydrogen-bond acceptors (Lipinski definition) is 3. The third-order valence-corrected chi connectivity index (χ3v) is 3.82. The first-order valence-electron chi connectivity index (χ1n) is 6.84. The Balaban J connectivity index is 2.42. The highest BCUT2D eigenvalue weighted by molar-refractivity contribution is 5.81. The molecular weight excluding hydrogens is 214 g/mol. The summed E-state index contributed by atoms with van der Waals surface area (Å²) >= 11 is 0. The van der Waals surface area contributed by atoms with Crippen LogP contribution in [0.4, 0.5) is 0 Å². The van der Waals surface area contributed by atoms with E-state index in [9.17, 15) is 4.79 Å². The Bertz CT molecular complexity index is 237. The molecule has 0 saturated carbocycles. The van der Waals surface area contributed by atoms with Gasteiger partial charge in [-0.05, 0) is 25.8 Å². The highest BCUT2D eigenvalue weighted by Gasteiger charge is 2.27. The first-order chi connectivity index (χ1) is 8.10. The van der Waals surface area contributed by atoms with Crippen molar-refractivity contribution in [1.82, 2.24) is 9.80 Å². The zero-order chi connectivity index (χ0) is 12.8. The van der Waals surface area contributed by atoms with Gasteiger partial charge in [0, 0.05) is 26.2 Å². The average Bonchev–Trinajstić information content (AvgIpc) is 2.37. The van der Waals surface area contributed by atoms with Crippen molar-refractivity contribution >= 4 is 5.91 Å². The van der Waals surface area contributed by atoms with E-state index in [0.717, 1.165) is 45.3 Å². The molecule has 1 rings (SSSR count). The predicted molar refractivity (Wildman–Crippen MR) is 70.8 cm³/mol. The van der Waals surface area contributed by atoms with E-state index in [0.29, 0.717) is 6.04 Å². The second kappa shape index (κ2) is 6.97. The molecule has 100 valence electrons. The number of rotatable bonds is 5. The molecule has 2 N–H and O–H groups in total. The number of piperidine rings is 1. The second-order valence-electron chi connectivity index (χ2n) is 5.01. The van der Waals surface area contributed by atoms with Crippen LogP contribution in [-0.4, -0.2) is 54.5 Å². The molecule has 0 aliphatic carbocycles. The normalized spacial score (nSPS) is 20.2. The summed E-state index contributed by atoms with van der Waals surface area (Å²) in [5, 5.41) is 0. The minimum absolute atomic E-state index is 0.113. The minimum Gasteiger partial charge on any atom is -0.341 e. The van der Waals surface area contributed by atoms with Gasteiger partial charge in [0.1, 0.15) is 0 Å². The Labute approximate surface area is 105 Å². The highest BCUT2D eigenvalue weighted by atomic mass is 16.2. The SMILES string of the molecule is CCC[C@H](N)C(=O)N(C)C1CCN(CC)CC1. The number of nitrogens with two attached hydrogens (primary N) is 1. The van der Waals surface area contributed by atoms with Gasteiger partial charge >= 0.3 is 0 Å². The van der Waals surface area contributed by atoms with Gasteiger partial charge < -0.3 is 15.5 Å². The molecule has 4 nitrogen and oxygen atoms in total. The summed E-state index contributed by atoms with van der Waals surface area (Å²) in [5.41, 5.74) is 5.89. The fourth-order valence-electron chi connectivity index (χ4n) is 2.50. The van der Waals surface area contributed by atoms with Gasteiger partial charge in [0.2, 0.25) is 5.91 Å². The molecule has 1 amide bonds. The van der Waals surface area contributed by atoms with Gasteiger partial charge in [-0.1, -0.05) is 20.3 Å². The van der Waals surface area contributed by atoms with Crippen molar-refractivity contribution in [2.24, 2.45) is 5.73 Å². The van der Waals surface area contributed by atoms with Gasteiger partial charge in [-0.3, -0.25) is 4.79 Å². The molecule has 0 bridgehead atoms. The average molecular weight is 241 g/mol. The zero-order valence-corrected chi connectivity index (χ0v) is 11.5. The second-order valence-corrected chi connectivity index (χ2v) is 5.01. The van der Waals surface area contributed by atoms with Gasteiger partial charge in [-0.25, -0.2) is 0 Å². The minimum atomic E-state index is -0.311. The van der Waals surface area contributed by atoms with E-state index < -0.39 is 0 Å². The molecule has 1 saturated heterocycles. The molecule has 0 aromatic rings. The Morgan fingerprint density at radius 1 is 1.41 bits per heavy atom. The van der Waals surface area contributed by atoms with Crippen LogP contribution in [0.2, 0.25) is 0 Å². The lowest BCUT2D eigenvalue weighted by Gasteiger charge is -2.37. The molecule has 1 fully saturated rings. The van der Waals surface area contributed by atoms with Crippen molar-refractivity contribution in [3.63, 3.8) is 0 Å². The summed E-state index contributed by atoms with van der Waals surface area (Å²) in [4.78, 5) is 16.4. The molecule has 0 unspecified atom stereocenters. The van der Waals surface area contributed by atoms with Crippen molar-refractivity contribution in [2.75, 3.05) is 26.7 Å². The van der Waals surface area contributed by atoms with Crippen molar-refractivity contribution in [2.45, 2.75) is 51.6 Å². The summed E-state index contributed by atoms with van der Waals surface area (Å²) in [6.07, 6.45) is 3.91. The van der Waals surface area contributed by atoms with Crippen LogP contribution in [0, 0.1) is 0 Å². The van der Waals surface area contributed by atoms with Crippen LogP contribution in [-0.2, 0) is 4.79 Å². The van der Waals surface area contributed by atoms with Crippen LogP contribution in [0.1, 0.15) is 39.5 Å². The molecule has 1 heterocycles. The number of carbonyl (C=O) groups excluding carboxylic acids is 1. The number of likely N-dealkylation sites (N-methyl/N-ethyl adjacent to an activating group) is 1. The van der Waals surface area contributed by atoms with E-state index in [4.69, 9.17) is 5.73 Å². The molecule has 1 atom stereocenters. The number of nitrogens with zero attached hydrogens (tertiary/aromatic N) is 2. The van der Waals surface area contributed by atoms with Gasteiger partial charge in [0.15, 0.2) is 0 Å². The Morgan fingerprint density at radius 2 is 2.00 bits per heavy atom. The quantitative estimate of drug-likeness (QED) is 0.783. The molecule has 1 aliphatic heterocycles. The van der Waals surface area contributed by atoms with E-state index in [2.05, 4.69) is 18.7 Å². The molecule has 0 spiro atoms. The molecule has 17 heavy (non-hydrogen) atoms. The lowest BCUT2D eigenvalue weighted by molar-refractivity contribution is -0.134. The first-order valence-corrected chi connectivity index (χ1v) is 6.84. The van der Waals surface area contributed by atoms with Gasteiger partial charge in [0.05, 0.1) is 6.04 Å². The van der Waals surface area contributed by atoms with Gasteiger partial charge in [0.25, 0.3) is 0 Å². The Hall–Kier alpha value is -0.610. The van der Waals surface area contributed by atoms with E-state index in [1.165, 1.54) is 0 Å². The largest absolute Gasteiger partial charge is 0.341 e. The fraction of sp³-hybridized carbons (Fsp3) is 0.923. The van der Waals surface area contributed by atoms with Gasteiger partial charge in [-0.2, -0.15) is 0 Å². The zero-order valence-electron chi connectivity index (χ0n) is 11.5. The summed E-state index contributed by atoms with van der Waals surface area (Å²) in [6, 6.07) is 0.0717. The Morgan fingerprint density at radius 3 is 2.47 bits per heavy atom. The van der Waals surface area contributed by atoms with Crippen molar-refractivity contribution in [3.05, 3.63) is 0 Å². The molecule has 0 aromatic heterocycles. The summed E-state index contributed by atoms with van der Waals surface area (Å²) < 4.78 is 0. The standard InChI is InChI=1S/C13H27N3O/c1-4-6-12(14)13(17)15(3)11-7-9-16(5-2)10-8-11/h11-12H,4-10,14H2,1-3H3/t12-/m0/s1. The first kappa shape index (κ1) is 14.5. The van der Waals surface area contributed by atoms with Crippen LogP contribution in [0.15, 0.2) is 0 Å². The fourth-order valence-corrected chi connectivity index (χ4v) is 2.50. The maximum Gasteiger partial charge on any atom is 0.239 e.